The fourth-order valence-corrected chi connectivity index (χ4v) is 4.89. The molecule has 0 N–H and O–H groups in total. The molecule has 7 heteroatoms. The Hall–Kier alpha value is -1.34. The van der Waals surface area contributed by atoms with Gasteiger partial charge in [-0.2, -0.15) is 0 Å². The number of nitrogens with zero attached hydrogens (tertiary/aromatic N) is 4. The highest BCUT2D eigenvalue weighted by Crippen LogP contribution is 2.41. The number of amides is 1. The summed E-state index contributed by atoms with van der Waals surface area (Å²) in [5, 5.41) is 11.7. The van der Waals surface area contributed by atoms with Gasteiger partial charge >= 0.3 is 0 Å². The summed E-state index contributed by atoms with van der Waals surface area (Å²) in [6, 6.07) is 5.00. The van der Waals surface area contributed by atoms with E-state index in [4.69, 9.17) is 0 Å². The third-order valence-electron chi connectivity index (χ3n) is 4.77. The van der Waals surface area contributed by atoms with E-state index in [1.54, 1.807) is 23.1 Å². The number of carbonyl (C=O) groups excluding carboxylic acids is 1. The summed E-state index contributed by atoms with van der Waals surface area (Å²) in [4.78, 5) is 15.8. The number of aromatic nitrogens is 3. The fourth-order valence-electron chi connectivity index (χ4n) is 3.29. The van der Waals surface area contributed by atoms with Crippen LogP contribution in [0.5, 0.6) is 0 Å². The van der Waals surface area contributed by atoms with E-state index in [1.807, 2.05) is 11.0 Å². The highest BCUT2D eigenvalue weighted by atomic mass is 32.2. The summed E-state index contributed by atoms with van der Waals surface area (Å²) in [5.41, 5.74) is 0. The second-order valence-corrected chi connectivity index (χ2v) is 8.50. The van der Waals surface area contributed by atoms with Crippen LogP contribution in [0, 0.1) is 0 Å². The lowest BCUT2D eigenvalue weighted by Gasteiger charge is -2.33. The number of likely N-dealkylation sites (tertiary alicyclic amines) is 1. The Morgan fingerprint density at radius 3 is 2.92 bits per heavy atom. The van der Waals surface area contributed by atoms with Crippen LogP contribution in [0.1, 0.15) is 45.1 Å². The zero-order valence-electron chi connectivity index (χ0n) is 13.9. The summed E-state index contributed by atoms with van der Waals surface area (Å²) < 4.78 is 2.24. The van der Waals surface area contributed by atoms with Crippen LogP contribution >= 0.6 is 23.1 Å². The van der Waals surface area contributed by atoms with Crippen LogP contribution in [0.2, 0.25) is 0 Å². The van der Waals surface area contributed by atoms with Crippen molar-refractivity contribution < 1.29 is 4.79 Å². The van der Waals surface area contributed by atoms with Gasteiger partial charge in [-0.05, 0) is 50.5 Å². The van der Waals surface area contributed by atoms with Gasteiger partial charge in [-0.3, -0.25) is 9.36 Å². The predicted octanol–water partition coefficient (Wildman–Crippen LogP) is 3.83. The van der Waals surface area contributed by atoms with E-state index in [2.05, 4.69) is 33.1 Å². The third-order valence-corrected chi connectivity index (χ3v) is 6.56. The average Bonchev–Trinajstić information content (AvgIpc) is 3.11. The second-order valence-electron chi connectivity index (χ2n) is 6.61. The maximum Gasteiger partial charge on any atom is 0.233 e. The first-order chi connectivity index (χ1) is 11.7. The summed E-state index contributed by atoms with van der Waals surface area (Å²) in [7, 11) is 0. The van der Waals surface area contributed by atoms with Crippen molar-refractivity contribution in [2.45, 2.75) is 56.3 Å². The van der Waals surface area contributed by atoms with Gasteiger partial charge in [0.25, 0.3) is 0 Å². The topological polar surface area (TPSA) is 51.0 Å². The lowest BCUT2D eigenvalue weighted by Crippen LogP contribution is -2.43. The number of hydrogen-bond donors (Lipinski definition) is 0. The number of hydrogen-bond acceptors (Lipinski definition) is 5. The molecular weight excluding hydrogens is 340 g/mol. The minimum Gasteiger partial charge on any atom is -0.339 e. The van der Waals surface area contributed by atoms with Gasteiger partial charge in [-0.1, -0.05) is 17.8 Å². The van der Waals surface area contributed by atoms with E-state index in [1.165, 1.54) is 19.3 Å². The van der Waals surface area contributed by atoms with Crippen molar-refractivity contribution in [2.75, 3.05) is 12.3 Å². The van der Waals surface area contributed by atoms with E-state index >= 15 is 0 Å². The van der Waals surface area contributed by atoms with Crippen molar-refractivity contribution in [2.24, 2.45) is 0 Å². The minimum absolute atomic E-state index is 0.232. The zero-order valence-corrected chi connectivity index (χ0v) is 15.5. The zero-order chi connectivity index (χ0) is 16.5. The molecule has 5 nitrogen and oxygen atoms in total. The molecule has 1 aliphatic carbocycles. The number of thioether (sulfide) groups is 1. The average molecular weight is 363 g/mol. The molecule has 0 unspecified atom stereocenters. The van der Waals surface area contributed by atoms with Crippen molar-refractivity contribution in [1.29, 1.82) is 0 Å². The molecule has 0 radical (unpaired) electrons. The van der Waals surface area contributed by atoms with E-state index < -0.39 is 0 Å². The summed E-state index contributed by atoms with van der Waals surface area (Å²) in [6.07, 6.45) is 5.85. The molecule has 2 fully saturated rings. The molecule has 1 saturated heterocycles. The van der Waals surface area contributed by atoms with Crippen molar-refractivity contribution in [3.63, 3.8) is 0 Å². The van der Waals surface area contributed by atoms with Crippen LogP contribution in [-0.2, 0) is 4.79 Å². The fraction of sp³-hybridized carbons (Fsp3) is 0.588. The predicted molar refractivity (Wildman–Crippen MR) is 97.4 cm³/mol. The number of rotatable bonds is 5. The van der Waals surface area contributed by atoms with Gasteiger partial charge in [-0.25, -0.2) is 0 Å². The molecule has 128 valence electrons. The van der Waals surface area contributed by atoms with Gasteiger partial charge in [0.2, 0.25) is 5.91 Å². The van der Waals surface area contributed by atoms with Crippen LogP contribution in [0.3, 0.4) is 0 Å². The van der Waals surface area contributed by atoms with Gasteiger partial charge in [-0.15, -0.1) is 21.5 Å². The van der Waals surface area contributed by atoms with Crippen LogP contribution in [0.4, 0.5) is 0 Å². The van der Waals surface area contributed by atoms with E-state index in [0.717, 1.165) is 35.2 Å². The molecular formula is C17H22N4OS2. The van der Waals surface area contributed by atoms with Gasteiger partial charge in [0.15, 0.2) is 11.0 Å². The van der Waals surface area contributed by atoms with Gasteiger partial charge in [0.1, 0.15) is 0 Å². The molecule has 2 aromatic heterocycles. The quantitative estimate of drug-likeness (QED) is 0.759. The Morgan fingerprint density at radius 2 is 2.21 bits per heavy atom. The van der Waals surface area contributed by atoms with Crippen molar-refractivity contribution in [1.82, 2.24) is 19.7 Å². The van der Waals surface area contributed by atoms with Gasteiger partial charge in [0.05, 0.1) is 10.6 Å². The lowest BCUT2D eigenvalue weighted by molar-refractivity contribution is -0.131. The molecule has 1 saturated carbocycles. The van der Waals surface area contributed by atoms with Gasteiger partial charge in [0, 0.05) is 18.6 Å². The summed E-state index contributed by atoms with van der Waals surface area (Å²) in [6.45, 7) is 3.06. The Bertz CT molecular complexity index is 708. The molecule has 0 spiro atoms. The monoisotopic (exact) mass is 362 g/mol. The highest BCUT2D eigenvalue weighted by molar-refractivity contribution is 7.99. The van der Waals surface area contributed by atoms with Crippen molar-refractivity contribution in [3.8, 4) is 10.7 Å². The van der Waals surface area contributed by atoms with Crippen LogP contribution < -0.4 is 0 Å². The molecule has 4 rings (SSSR count). The normalized spacial score (nSPS) is 21.2. The smallest absolute Gasteiger partial charge is 0.233 e. The minimum atomic E-state index is 0.232. The molecule has 0 aromatic carbocycles. The van der Waals surface area contributed by atoms with Crippen LogP contribution in [-0.4, -0.2) is 43.9 Å². The molecule has 24 heavy (non-hydrogen) atoms. The first-order valence-electron chi connectivity index (χ1n) is 8.65. The summed E-state index contributed by atoms with van der Waals surface area (Å²) >= 11 is 3.23. The number of thiophene rings is 1. The highest BCUT2D eigenvalue weighted by Gasteiger charge is 2.31. The Balaban J connectivity index is 1.48. The van der Waals surface area contributed by atoms with E-state index in [9.17, 15) is 4.79 Å². The maximum atomic E-state index is 12.6. The molecule has 1 amide bonds. The van der Waals surface area contributed by atoms with Gasteiger partial charge < -0.3 is 4.90 Å². The third kappa shape index (κ3) is 3.24. The molecule has 2 aromatic rings. The Morgan fingerprint density at radius 1 is 1.33 bits per heavy atom. The van der Waals surface area contributed by atoms with E-state index in [-0.39, 0.29) is 5.91 Å². The summed E-state index contributed by atoms with van der Waals surface area (Å²) in [5.74, 6) is 1.64. The molecule has 1 aliphatic heterocycles. The Labute approximate surface area is 150 Å². The largest absolute Gasteiger partial charge is 0.339 e. The first kappa shape index (κ1) is 16.1. The molecule has 0 bridgehead atoms. The van der Waals surface area contributed by atoms with Crippen molar-refractivity contribution in [3.05, 3.63) is 17.5 Å². The van der Waals surface area contributed by atoms with Crippen LogP contribution in [0.15, 0.2) is 22.7 Å². The first-order valence-corrected chi connectivity index (χ1v) is 10.5. The second kappa shape index (κ2) is 6.88. The maximum absolute atomic E-state index is 12.6. The number of carbonyl (C=O) groups is 1. The molecule has 2 aliphatic rings. The Kier molecular flexibility index (Phi) is 4.63. The van der Waals surface area contributed by atoms with Crippen molar-refractivity contribution >= 4 is 29.0 Å². The van der Waals surface area contributed by atoms with Crippen LogP contribution in [0.25, 0.3) is 10.7 Å². The SMILES string of the molecule is C[C@@H]1CCCCN1C(=O)CSc1nnc(-c2cccs2)n1C1CC1. The number of piperidine rings is 1. The standard InChI is InChI=1S/C17H22N4OS2/c1-12-5-2-3-9-20(12)15(22)11-24-17-19-18-16(14-6-4-10-23-14)21(17)13-7-8-13/h4,6,10,12-13H,2-3,5,7-9,11H2,1H3/t12-/m1/s1. The van der Waals surface area contributed by atoms with E-state index in [0.29, 0.717) is 17.8 Å². The molecule has 1 atom stereocenters. The lowest BCUT2D eigenvalue weighted by atomic mass is 10.0. The molecule has 3 heterocycles.